The van der Waals surface area contributed by atoms with Crippen LogP contribution in [-0.4, -0.2) is 28.2 Å². The van der Waals surface area contributed by atoms with Crippen LogP contribution in [0.1, 0.15) is 12.7 Å². The van der Waals surface area contributed by atoms with Gasteiger partial charge in [-0.25, -0.2) is 9.97 Å². The molecule has 6 heteroatoms. The Bertz CT molecular complexity index is 914. The van der Waals surface area contributed by atoms with Crippen molar-refractivity contribution in [3.8, 4) is 5.75 Å². The van der Waals surface area contributed by atoms with E-state index in [0.717, 1.165) is 15.9 Å². The average molecular weight is 353 g/mol. The summed E-state index contributed by atoms with van der Waals surface area (Å²) in [4.78, 5) is 21.5. The van der Waals surface area contributed by atoms with E-state index >= 15 is 0 Å². The number of carbonyl (C=O) groups is 1. The Morgan fingerprint density at radius 2 is 1.84 bits per heavy atom. The number of nitrogens with one attached hydrogen (secondary N) is 1. The Labute approximate surface area is 150 Å². The molecule has 0 spiro atoms. The molecule has 3 rings (SSSR count). The fourth-order valence-electron chi connectivity index (χ4n) is 2.45. The standard InChI is InChI=1S/C19H19N3O2S/c1-12(18(23)22-16-10-6-7-11-17(16)24-3)25-19-14-8-4-5-9-15(14)20-13(2)21-19/h4-12H,1-3H3,(H,22,23)/t12-/m0/s1. The fraction of sp³-hybridized carbons (Fsp3) is 0.211. The van der Waals surface area contributed by atoms with Crippen molar-refractivity contribution in [1.82, 2.24) is 9.97 Å². The third-order valence-corrected chi connectivity index (χ3v) is 4.80. The molecule has 0 aliphatic heterocycles. The molecule has 0 bridgehead atoms. The van der Waals surface area contributed by atoms with Gasteiger partial charge >= 0.3 is 0 Å². The number of fused-ring (bicyclic) bond motifs is 1. The van der Waals surface area contributed by atoms with E-state index in [0.29, 0.717) is 17.3 Å². The van der Waals surface area contributed by atoms with Gasteiger partial charge in [-0.05, 0) is 32.0 Å². The lowest BCUT2D eigenvalue weighted by Crippen LogP contribution is -2.22. The maximum absolute atomic E-state index is 12.6. The van der Waals surface area contributed by atoms with Gasteiger partial charge in [-0.3, -0.25) is 4.79 Å². The van der Waals surface area contributed by atoms with Gasteiger partial charge in [-0.2, -0.15) is 0 Å². The Balaban J connectivity index is 1.80. The first-order chi connectivity index (χ1) is 12.1. The Kier molecular flexibility index (Phi) is 5.19. The fourth-order valence-corrected chi connectivity index (χ4v) is 3.44. The molecule has 5 nitrogen and oxygen atoms in total. The van der Waals surface area contributed by atoms with Crippen LogP contribution in [0.25, 0.3) is 10.9 Å². The first-order valence-electron chi connectivity index (χ1n) is 7.92. The van der Waals surface area contributed by atoms with E-state index in [4.69, 9.17) is 4.74 Å². The number of amides is 1. The predicted molar refractivity (Wildman–Crippen MR) is 101 cm³/mol. The summed E-state index contributed by atoms with van der Waals surface area (Å²) in [5, 5.41) is 4.36. The summed E-state index contributed by atoms with van der Waals surface area (Å²) in [6, 6.07) is 15.2. The van der Waals surface area contributed by atoms with Crippen molar-refractivity contribution in [2.24, 2.45) is 0 Å². The number of hydrogen-bond donors (Lipinski definition) is 1. The van der Waals surface area contributed by atoms with Gasteiger partial charge < -0.3 is 10.1 Å². The predicted octanol–water partition coefficient (Wildman–Crippen LogP) is 4.07. The Hall–Kier alpha value is -2.60. The number of aryl methyl sites for hydroxylation is 1. The molecule has 0 saturated carbocycles. The van der Waals surface area contributed by atoms with Gasteiger partial charge in [0.25, 0.3) is 0 Å². The number of para-hydroxylation sites is 3. The maximum Gasteiger partial charge on any atom is 0.237 e. The van der Waals surface area contributed by atoms with Crippen LogP contribution in [0.15, 0.2) is 53.6 Å². The molecule has 0 saturated heterocycles. The number of thioether (sulfide) groups is 1. The zero-order chi connectivity index (χ0) is 17.8. The van der Waals surface area contributed by atoms with Gasteiger partial charge in [0.2, 0.25) is 5.91 Å². The van der Waals surface area contributed by atoms with Crippen LogP contribution in [0.5, 0.6) is 5.75 Å². The molecule has 0 unspecified atom stereocenters. The molecule has 128 valence electrons. The van der Waals surface area contributed by atoms with E-state index in [1.807, 2.05) is 62.4 Å². The Morgan fingerprint density at radius 1 is 1.12 bits per heavy atom. The molecule has 1 N–H and O–H groups in total. The molecule has 0 radical (unpaired) electrons. The molecule has 0 fully saturated rings. The van der Waals surface area contributed by atoms with Gasteiger partial charge in [0, 0.05) is 5.39 Å². The second kappa shape index (κ2) is 7.53. The molecule has 3 aromatic rings. The van der Waals surface area contributed by atoms with Gasteiger partial charge in [-0.15, -0.1) is 0 Å². The lowest BCUT2D eigenvalue weighted by molar-refractivity contribution is -0.115. The van der Waals surface area contributed by atoms with E-state index in [-0.39, 0.29) is 11.2 Å². The van der Waals surface area contributed by atoms with Crippen LogP contribution in [0, 0.1) is 6.92 Å². The van der Waals surface area contributed by atoms with Crippen LogP contribution in [0.3, 0.4) is 0 Å². The molecule has 1 atom stereocenters. The third-order valence-electron chi connectivity index (χ3n) is 3.70. The van der Waals surface area contributed by atoms with Crippen molar-refractivity contribution >= 4 is 34.3 Å². The first kappa shape index (κ1) is 17.2. The van der Waals surface area contributed by atoms with Crippen LogP contribution in [0.4, 0.5) is 5.69 Å². The lowest BCUT2D eigenvalue weighted by atomic mass is 10.2. The van der Waals surface area contributed by atoms with Crippen molar-refractivity contribution in [2.75, 3.05) is 12.4 Å². The summed E-state index contributed by atoms with van der Waals surface area (Å²) in [5.41, 5.74) is 1.54. The molecular formula is C19H19N3O2S. The van der Waals surface area contributed by atoms with E-state index in [1.54, 1.807) is 7.11 Å². The van der Waals surface area contributed by atoms with E-state index in [1.165, 1.54) is 11.8 Å². The molecule has 1 aromatic heterocycles. The normalized spacial score (nSPS) is 12.0. The number of ether oxygens (including phenoxy) is 1. The average Bonchev–Trinajstić information content (AvgIpc) is 2.62. The van der Waals surface area contributed by atoms with Crippen LogP contribution in [0.2, 0.25) is 0 Å². The minimum absolute atomic E-state index is 0.102. The van der Waals surface area contributed by atoms with Crippen molar-refractivity contribution in [1.29, 1.82) is 0 Å². The summed E-state index contributed by atoms with van der Waals surface area (Å²) in [5.74, 6) is 1.23. The first-order valence-corrected chi connectivity index (χ1v) is 8.80. The minimum atomic E-state index is -0.317. The lowest BCUT2D eigenvalue weighted by Gasteiger charge is -2.14. The number of benzene rings is 2. The maximum atomic E-state index is 12.6. The van der Waals surface area contributed by atoms with Crippen LogP contribution < -0.4 is 10.1 Å². The minimum Gasteiger partial charge on any atom is -0.495 e. The van der Waals surface area contributed by atoms with E-state index in [9.17, 15) is 4.79 Å². The highest BCUT2D eigenvalue weighted by Gasteiger charge is 2.18. The summed E-state index contributed by atoms with van der Waals surface area (Å²) in [7, 11) is 1.58. The largest absolute Gasteiger partial charge is 0.495 e. The number of hydrogen-bond acceptors (Lipinski definition) is 5. The zero-order valence-corrected chi connectivity index (χ0v) is 15.1. The second-order valence-corrected chi connectivity index (χ2v) is 6.87. The second-order valence-electron chi connectivity index (χ2n) is 5.54. The number of carbonyl (C=O) groups excluding carboxylic acids is 1. The third kappa shape index (κ3) is 3.91. The molecule has 1 amide bonds. The number of aromatic nitrogens is 2. The summed E-state index contributed by atoms with van der Waals surface area (Å²) >= 11 is 1.42. The van der Waals surface area contributed by atoms with Gasteiger partial charge in [-0.1, -0.05) is 42.1 Å². The van der Waals surface area contributed by atoms with Crippen molar-refractivity contribution in [3.63, 3.8) is 0 Å². The van der Waals surface area contributed by atoms with Crippen molar-refractivity contribution in [3.05, 3.63) is 54.4 Å². The number of nitrogens with zero attached hydrogens (tertiary/aromatic N) is 2. The summed E-state index contributed by atoms with van der Waals surface area (Å²) in [6.45, 7) is 3.72. The molecule has 0 aliphatic rings. The van der Waals surface area contributed by atoms with E-state index in [2.05, 4.69) is 15.3 Å². The summed E-state index contributed by atoms with van der Waals surface area (Å²) < 4.78 is 5.28. The highest BCUT2D eigenvalue weighted by Crippen LogP contribution is 2.30. The number of methoxy groups -OCH3 is 1. The number of rotatable bonds is 5. The SMILES string of the molecule is COc1ccccc1NC(=O)[C@H](C)Sc1nc(C)nc2ccccc12. The van der Waals surface area contributed by atoms with Crippen LogP contribution >= 0.6 is 11.8 Å². The zero-order valence-electron chi connectivity index (χ0n) is 14.3. The molecule has 1 heterocycles. The van der Waals surface area contributed by atoms with E-state index < -0.39 is 0 Å². The van der Waals surface area contributed by atoms with Crippen LogP contribution in [-0.2, 0) is 4.79 Å². The molecule has 0 aliphatic carbocycles. The smallest absolute Gasteiger partial charge is 0.237 e. The highest BCUT2D eigenvalue weighted by molar-refractivity contribution is 8.00. The van der Waals surface area contributed by atoms with Gasteiger partial charge in [0.05, 0.1) is 23.6 Å². The van der Waals surface area contributed by atoms with Crippen molar-refractivity contribution in [2.45, 2.75) is 24.1 Å². The van der Waals surface area contributed by atoms with Gasteiger partial charge in [0.15, 0.2) is 0 Å². The topological polar surface area (TPSA) is 64.1 Å². The Morgan fingerprint density at radius 3 is 2.64 bits per heavy atom. The highest BCUT2D eigenvalue weighted by atomic mass is 32.2. The van der Waals surface area contributed by atoms with Crippen molar-refractivity contribution < 1.29 is 9.53 Å². The quantitative estimate of drug-likeness (QED) is 0.553. The number of anilines is 1. The monoisotopic (exact) mass is 353 g/mol. The summed E-state index contributed by atoms with van der Waals surface area (Å²) in [6.07, 6.45) is 0. The molecular weight excluding hydrogens is 334 g/mol. The van der Waals surface area contributed by atoms with Gasteiger partial charge in [0.1, 0.15) is 16.6 Å². The molecule has 2 aromatic carbocycles. The molecule has 25 heavy (non-hydrogen) atoms.